The first-order chi connectivity index (χ1) is 6.83. The number of aliphatic hydroxyl groups is 1. The summed E-state index contributed by atoms with van der Waals surface area (Å²) in [6.07, 6.45) is 4.21. The second-order valence-electron chi connectivity index (χ2n) is 3.29. The molecular weight excluding hydrogens is 180 g/mol. The van der Waals surface area contributed by atoms with Crippen molar-refractivity contribution >= 4 is 0 Å². The second kappa shape index (κ2) is 6.59. The molecule has 0 aliphatic carbocycles. The molecule has 0 aliphatic rings. The van der Waals surface area contributed by atoms with Crippen molar-refractivity contribution < 1.29 is 9.84 Å². The fourth-order valence-corrected chi connectivity index (χ4v) is 1.25. The lowest BCUT2D eigenvalue weighted by atomic mass is 10.2. The highest BCUT2D eigenvalue weighted by molar-refractivity contribution is 5.07. The van der Waals surface area contributed by atoms with Crippen LogP contribution in [-0.2, 0) is 11.3 Å². The summed E-state index contributed by atoms with van der Waals surface area (Å²) in [6.45, 7) is 2.05. The molecule has 14 heavy (non-hydrogen) atoms. The smallest absolute Gasteiger partial charge is 0.0785 e. The van der Waals surface area contributed by atoms with Gasteiger partial charge >= 0.3 is 0 Å². The fourth-order valence-electron chi connectivity index (χ4n) is 1.25. The predicted octanol–water partition coefficient (Wildman–Crippen LogP) is 0.502. The Balaban J connectivity index is 1.99. The van der Waals surface area contributed by atoms with Crippen molar-refractivity contribution in [2.45, 2.75) is 19.1 Å². The highest BCUT2D eigenvalue weighted by Gasteiger charge is 2.01. The van der Waals surface area contributed by atoms with Gasteiger partial charge in [0.05, 0.1) is 12.7 Å². The molecule has 4 heteroatoms. The molecule has 0 radical (unpaired) electrons. The van der Waals surface area contributed by atoms with E-state index in [-0.39, 0.29) is 6.10 Å². The van der Waals surface area contributed by atoms with Crippen molar-refractivity contribution in [2.24, 2.45) is 0 Å². The van der Waals surface area contributed by atoms with E-state index < -0.39 is 0 Å². The molecule has 1 unspecified atom stereocenters. The van der Waals surface area contributed by atoms with Crippen LogP contribution >= 0.6 is 0 Å². The molecule has 0 aliphatic heterocycles. The van der Waals surface area contributed by atoms with Gasteiger partial charge in [0.25, 0.3) is 0 Å². The Labute approximate surface area is 84.3 Å². The Morgan fingerprint density at radius 2 is 2.50 bits per heavy atom. The Morgan fingerprint density at radius 1 is 1.64 bits per heavy atom. The van der Waals surface area contributed by atoms with E-state index >= 15 is 0 Å². The van der Waals surface area contributed by atoms with Crippen molar-refractivity contribution in [3.05, 3.63) is 24.0 Å². The second-order valence-corrected chi connectivity index (χ2v) is 3.29. The average molecular weight is 198 g/mol. The molecule has 0 saturated heterocycles. The van der Waals surface area contributed by atoms with Crippen molar-refractivity contribution in [1.82, 2.24) is 10.3 Å². The molecule has 0 amide bonds. The highest BCUT2D eigenvalue weighted by atomic mass is 16.5. The van der Waals surface area contributed by atoms with E-state index in [2.05, 4.69) is 10.3 Å². The van der Waals surface area contributed by atoms with Gasteiger partial charge in [-0.15, -0.1) is 0 Å². The molecule has 0 bridgehead atoms. The number of aromatic nitrogens is 1. The summed E-state index contributed by atoms with van der Waals surface area (Å²) in [5.41, 5.74) is 1.23. The number of aromatic amines is 1. The Morgan fingerprint density at radius 3 is 3.14 bits per heavy atom. The number of aliphatic hydroxyl groups excluding tert-OH is 1. The maximum absolute atomic E-state index is 9.34. The molecular formula is C10H18N2O2. The number of hydrogen-bond donors (Lipinski definition) is 3. The van der Waals surface area contributed by atoms with Gasteiger partial charge in [-0.25, -0.2) is 0 Å². The number of ether oxygens (including phenoxy) is 1. The number of H-pyrrole nitrogens is 1. The van der Waals surface area contributed by atoms with Gasteiger partial charge in [0.1, 0.15) is 0 Å². The zero-order chi connectivity index (χ0) is 10.2. The summed E-state index contributed by atoms with van der Waals surface area (Å²) in [4.78, 5) is 2.99. The van der Waals surface area contributed by atoms with Crippen LogP contribution in [0.15, 0.2) is 18.5 Å². The van der Waals surface area contributed by atoms with E-state index in [1.54, 1.807) is 7.11 Å². The van der Waals surface area contributed by atoms with Crippen LogP contribution in [0.1, 0.15) is 12.0 Å². The summed E-state index contributed by atoms with van der Waals surface area (Å²) in [5.74, 6) is 0. The molecule has 3 N–H and O–H groups in total. The van der Waals surface area contributed by atoms with Crippen LogP contribution < -0.4 is 5.32 Å². The molecule has 0 spiro atoms. The van der Waals surface area contributed by atoms with Gasteiger partial charge in [0, 0.05) is 26.0 Å². The summed E-state index contributed by atoms with van der Waals surface area (Å²) in [6, 6.07) is 2.03. The quantitative estimate of drug-likeness (QED) is 0.559. The van der Waals surface area contributed by atoms with Crippen molar-refractivity contribution in [3.8, 4) is 0 Å². The zero-order valence-corrected chi connectivity index (χ0v) is 8.49. The summed E-state index contributed by atoms with van der Waals surface area (Å²) < 4.78 is 4.82. The van der Waals surface area contributed by atoms with Crippen molar-refractivity contribution in [3.63, 3.8) is 0 Å². The third kappa shape index (κ3) is 4.41. The third-order valence-electron chi connectivity index (χ3n) is 2.00. The van der Waals surface area contributed by atoms with E-state index in [1.807, 2.05) is 18.5 Å². The van der Waals surface area contributed by atoms with Crippen LogP contribution in [0.2, 0.25) is 0 Å². The van der Waals surface area contributed by atoms with Crippen LogP contribution in [0.5, 0.6) is 0 Å². The predicted molar refractivity (Wildman–Crippen MR) is 55.0 cm³/mol. The standard InChI is InChI=1S/C10H18N2O2/c1-14-8-10(13)3-5-12-7-9-2-4-11-6-9/h2,4,6,10-13H,3,5,7-8H2,1H3. The van der Waals surface area contributed by atoms with Crippen LogP contribution in [0.3, 0.4) is 0 Å². The first-order valence-corrected chi connectivity index (χ1v) is 4.82. The van der Waals surface area contributed by atoms with Gasteiger partial charge in [-0.3, -0.25) is 0 Å². The van der Waals surface area contributed by atoms with E-state index in [1.165, 1.54) is 5.56 Å². The van der Waals surface area contributed by atoms with Gasteiger partial charge in [0.2, 0.25) is 0 Å². The molecule has 1 heterocycles. The lowest BCUT2D eigenvalue weighted by Gasteiger charge is -2.09. The van der Waals surface area contributed by atoms with Crippen LogP contribution in [0, 0.1) is 0 Å². The molecule has 80 valence electrons. The molecule has 1 aromatic heterocycles. The zero-order valence-electron chi connectivity index (χ0n) is 8.49. The maximum Gasteiger partial charge on any atom is 0.0785 e. The summed E-state index contributed by atoms with van der Waals surface area (Å²) >= 11 is 0. The van der Waals surface area contributed by atoms with Gasteiger partial charge in [-0.05, 0) is 24.6 Å². The van der Waals surface area contributed by atoms with Crippen LogP contribution in [0.25, 0.3) is 0 Å². The molecule has 0 fully saturated rings. The minimum atomic E-state index is -0.362. The fraction of sp³-hybridized carbons (Fsp3) is 0.600. The largest absolute Gasteiger partial charge is 0.391 e. The Kier molecular flexibility index (Phi) is 5.29. The summed E-state index contributed by atoms with van der Waals surface area (Å²) in [7, 11) is 1.59. The number of methoxy groups -OCH3 is 1. The lowest BCUT2D eigenvalue weighted by Crippen LogP contribution is -2.22. The molecule has 4 nitrogen and oxygen atoms in total. The van der Waals surface area contributed by atoms with Gasteiger partial charge in [-0.1, -0.05) is 0 Å². The van der Waals surface area contributed by atoms with E-state index in [0.717, 1.165) is 19.5 Å². The Hall–Kier alpha value is -0.840. The topological polar surface area (TPSA) is 57.3 Å². The van der Waals surface area contributed by atoms with Gasteiger partial charge in [-0.2, -0.15) is 0 Å². The molecule has 1 rings (SSSR count). The number of nitrogens with one attached hydrogen (secondary N) is 2. The monoisotopic (exact) mass is 198 g/mol. The number of rotatable bonds is 7. The minimum absolute atomic E-state index is 0.362. The van der Waals surface area contributed by atoms with Crippen molar-refractivity contribution in [2.75, 3.05) is 20.3 Å². The highest BCUT2D eigenvalue weighted by Crippen LogP contribution is 1.96. The molecule has 0 aromatic carbocycles. The summed E-state index contributed by atoms with van der Waals surface area (Å²) in [5, 5.41) is 12.6. The van der Waals surface area contributed by atoms with E-state index in [9.17, 15) is 5.11 Å². The average Bonchev–Trinajstić information content (AvgIpc) is 2.65. The minimum Gasteiger partial charge on any atom is -0.391 e. The SMILES string of the molecule is COCC(O)CCNCc1cc[nH]c1. The van der Waals surface area contributed by atoms with Crippen LogP contribution in [-0.4, -0.2) is 36.5 Å². The Bertz CT molecular complexity index is 224. The maximum atomic E-state index is 9.34. The number of hydrogen-bond acceptors (Lipinski definition) is 3. The van der Waals surface area contributed by atoms with Gasteiger partial charge < -0.3 is 20.1 Å². The van der Waals surface area contributed by atoms with Crippen LogP contribution in [0.4, 0.5) is 0 Å². The third-order valence-corrected chi connectivity index (χ3v) is 2.00. The molecule has 0 saturated carbocycles. The van der Waals surface area contributed by atoms with E-state index in [4.69, 9.17) is 4.74 Å². The first kappa shape index (κ1) is 11.2. The molecule has 1 atom stereocenters. The normalized spacial score (nSPS) is 13.0. The molecule has 1 aromatic rings. The van der Waals surface area contributed by atoms with Crippen molar-refractivity contribution in [1.29, 1.82) is 0 Å². The van der Waals surface area contributed by atoms with E-state index in [0.29, 0.717) is 6.61 Å². The first-order valence-electron chi connectivity index (χ1n) is 4.82. The van der Waals surface area contributed by atoms with Gasteiger partial charge in [0.15, 0.2) is 0 Å². The lowest BCUT2D eigenvalue weighted by molar-refractivity contribution is 0.0594.